The van der Waals surface area contributed by atoms with Crippen LogP contribution < -0.4 is 0 Å². The minimum absolute atomic E-state index is 0.132. The highest BCUT2D eigenvalue weighted by Gasteiger charge is 2.16. The van der Waals surface area contributed by atoms with Crippen molar-refractivity contribution in [1.29, 1.82) is 5.26 Å². The van der Waals surface area contributed by atoms with E-state index in [9.17, 15) is 0 Å². The molecule has 0 aliphatic rings. The Morgan fingerprint density at radius 1 is 1.23 bits per heavy atom. The third kappa shape index (κ3) is 2.32. The summed E-state index contributed by atoms with van der Waals surface area (Å²) in [7, 11) is 0. The molecule has 0 fully saturated rings. The van der Waals surface area contributed by atoms with Crippen molar-refractivity contribution >= 4 is 0 Å². The summed E-state index contributed by atoms with van der Waals surface area (Å²) in [5, 5.41) is 8.66. The second-order valence-electron chi connectivity index (χ2n) is 4.24. The topological polar surface area (TPSA) is 23.8 Å². The summed E-state index contributed by atoms with van der Waals surface area (Å²) in [6.07, 6.45) is 0.507. The van der Waals surface area contributed by atoms with Crippen LogP contribution >= 0.6 is 0 Å². The molecule has 13 heavy (non-hydrogen) atoms. The minimum Gasteiger partial charge on any atom is -0.198 e. The van der Waals surface area contributed by atoms with Gasteiger partial charge in [-0.15, -0.1) is 0 Å². The van der Waals surface area contributed by atoms with Crippen molar-refractivity contribution in [1.82, 2.24) is 0 Å². The molecule has 1 aromatic rings. The molecular formula is C12H15N. The third-order valence-electron chi connectivity index (χ3n) is 2.09. The standard InChI is InChI=1S/C12H15N/c1-12(2,3)11-7-5-4-6-10(11)8-9-13/h4-7H,8H2,1-3H3. The van der Waals surface area contributed by atoms with Gasteiger partial charge in [0, 0.05) is 0 Å². The predicted octanol–water partition coefficient (Wildman–Crippen LogP) is 3.05. The molecule has 0 amide bonds. The highest BCUT2D eigenvalue weighted by molar-refractivity contribution is 5.34. The zero-order valence-corrected chi connectivity index (χ0v) is 8.46. The molecule has 0 spiro atoms. The lowest BCUT2D eigenvalue weighted by Crippen LogP contribution is -2.13. The predicted molar refractivity (Wildman–Crippen MR) is 54.5 cm³/mol. The molecule has 1 aromatic carbocycles. The maximum atomic E-state index is 8.66. The molecule has 0 saturated carbocycles. The normalized spacial score (nSPS) is 10.9. The molecule has 68 valence electrons. The number of rotatable bonds is 1. The zero-order valence-electron chi connectivity index (χ0n) is 8.46. The Bertz CT molecular complexity index is 326. The van der Waals surface area contributed by atoms with E-state index < -0.39 is 0 Å². The SMILES string of the molecule is CC(C)(C)c1ccccc1CC#N. The van der Waals surface area contributed by atoms with Crippen molar-refractivity contribution in [2.45, 2.75) is 32.6 Å². The van der Waals surface area contributed by atoms with E-state index in [1.807, 2.05) is 18.2 Å². The molecule has 0 bridgehead atoms. The fourth-order valence-corrected chi connectivity index (χ4v) is 1.49. The number of nitriles is 1. The molecule has 0 atom stereocenters. The van der Waals surface area contributed by atoms with Gasteiger partial charge in [-0.3, -0.25) is 0 Å². The fraction of sp³-hybridized carbons (Fsp3) is 0.417. The maximum absolute atomic E-state index is 8.66. The van der Waals surface area contributed by atoms with Crippen LogP contribution in [0.25, 0.3) is 0 Å². The quantitative estimate of drug-likeness (QED) is 0.640. The van der Waals surface area contributed by atoms with E-state index in [-0.39, 0.29) is 5.41 Å². The van der Waals surface area contributed by atoms with Crippen molar-refractivity contribution in [2.75, 3.05) is 0 Å². The molecular weight excluding hydrogens is 158 g/mol. The molecule has 0 aliphatic heterocycles. The highest BCUT2D eigenvalue weighted by Crippen LogP contribution is 2.25. The smallest absolute Gasteiger partial charge is 0.0669 e. The Kier molecular flexibility index (Phi) is 2.72. The van der Waals surface area contributed by atoms with Gasteiger partial charge in [-0.1, -0.05) is 45.0 Å². The summed E-state index contributed by atoms with van der Waals surface area (Å²) in [6.45, 7) is 6.51. The molecule has 0 saturated heterocycles. The minimum atomic E-state index is 0.132. The molecule has 1 heteroatoms. The Hall–Kier alpha value is -1.29. The summed E-state index contributed by atoms with van der Waals surface area (Å²) in [6, 6.07) is 10.3. The van der Waals surface area contributed by atoms with Crippen molar-refractivity contribution in [3.05, 3.63) is 35.4 Å². The van der Waals surface area contributed by atoms with Crippen molar-refractivity contribution in [2.24, 2.45) is 0 Å². The van der Waals surface area contributed by atoms with Crippen molar-refractivity contribution < 1.29 is 0 Å². The van der Waals surface area contributed by atoms with Crippen LogP contribution in [0.5, 0.6) is 0 Å². The lowest BCUT2D eigenvalue weighted by atomic mass is 9.83. The van der Waals surface area contributed by atoms with Gasteiger partial charge in [0.2, 0.25) is 0 Å². The highest BCUT2D eigenvalue weighted by atomic mass is 14.3. The Morgan fingerprint density at radius 2 is 1.85 bits per heavy atom. The maximum Gasteiger partial charge on any atom is 0.0669 e. The summed E-state index contributed by atoms with van der Waals surface area (Å²) >= 11 is 0. The molecule has 0 N–H and O–H groups in total. The van der Waals surface area contributed by atoms with Gasteiger partial charge in [0.1, 0.15) is 0 Å². The second-order valence-corrected chi connectivity index (χ2v) is 4.24. The molecule has 1 nitrogen and oxygen atoms in total. The van der Waals surface area contributed by atoms with Gasteiger partial charge < -0.3 is 0 Å². The first-order chi connectivity index (χ1) is 6.05. The fourth-order valence-electron chi connectivity index (χ4n) is 1.49. The monoisotopic (exact) mass is 173 g/mol. The van der Waals surface area contributed by atoms with Gasteiger partial charge in [-0.2, -0.15) is 5.26 Å². The Morgan fingerprint density at radius 3 is 2.38 bits per heavy atom. The van der Waals surface area contributed by atoms with Gasteiger partial charge in [0.15, 0.2) is 0 Å². The van der Waals surface area contributed by atoms with Gasteiger partial charge in [-0.05, 0) is 16.5 Å². The van der Waals surface area contributed by atoms with Gasteiger partial charge in [-0.25, -0.2) is 0 Å². The average Bonchev–Trinajstić information content (AvgIpc) is 2.04. The first-order valence-corrected chi connectivity index (χ1v) is 4.51. The van der Waals surface area contributed by atoms with Crippen LogP contribution in [-0.4, -0.2) is 0 Å². The molecule has 0 aromatic heterocycles. The molecule has 0 unspecified atom stereocenters. The lowest BCUT2D eigenvalue weighted by Gasteiger charge is -2.21. The van der Waals surface area contributed by atoms with Gasteiger partial charge in [0.05, 0.1) is 12.5 Å². The Labute approximate surface area is 80.0 Å². The first kappa shape index (κ1) is 9.80. The summed E-state index contributed by atoms with van der Waals surface area (Å²) in [4.78, 5) is 0. The lowest BCUT2D eigenvalue weighted by molar-refractivity contribution is 0.584. The van der Waals surface area contributed by atoms with E-state index in [1.165, 1.54) is 5.56 Å². The van der Waals surface area contributed by atoms with Crippen molar-refractivity contribution in [3.63, 3.8) is 0 Å². The molecule has 0 aliphatic carbocycles. The van der Waals surface area contributed by atoms with Gasteiger partial charge >= 0.3 is 0 Å². The van der Waals surface area contributed by atoms with E-state index in [1.54, 1.807) is 0 Å². The van der Waals surface area contributed by atoms with Crippen LogP contribution in [0.15, 0.2) is 24.3 Å². The number of nitrogens with zero attached hydrogens (tertiary/aromatic N) is 1. The van der Waals surface area contributed by atoms with E-state index >= 15 is 0 Å². The van der Waals surface area contributed by atoms with Crippen molar-refractivity contribution in [3.8, 4) is 6.07 Å². The van der Waals surface area contributed by atoms with E-state index in [4.69, 9.17) is 5.26 Å². The molecule has 0 radical (unpaired) electrons. The van der Waals surface area contributed by atoms with Crippen LogP contribution in [0.1, 0.15) is 31.9 Å². The zero-order chi connectivity index (χ0) is 9.90. The molecule has 1 rings (SSSR count). The van der Waals surface area contributed by atoms with Crippen LogP contribution in [-0.2, 0) is 11.8 Å². The summed E-state index contributed by atoms with van der Waals surface area (Å²) in [5.74, 6) is 0. The van der Waals surface area contributed by atoms with Crippen LogP contribution in [0, 0.1) is 11.3 Å². The number of hydrogen-bond acceptors (Lipinski definition) is 1. The van der Waals surface area contributed by atoms with E-state index in [0.717, 1.165) is 5.56 Å². The van der Waals surface area contributed by atoms with Crippen LogP contribution in [0.3, 0.4) is 0 Å². The number of benzene rings is 1. The third-order valence-corrected chi connectivity index (χ3v) is 2.09. The first-order valence-electron chi connectivity index (χ1n) is 4.51. The Balaban J connectivity index is 3.14. The molecule has 0 heterocycles. The van der Waals surface area contributed by atoms with Crippen LogP contribution in [0.4, 0.5) is 0 Å². The second kappa shape index (κ2) is 3.62. The summed E-state index contributed by atoms with van der Waals surface area (Å²) < 4.78 is 0. The average molecular weight is 173 g/mol. The summed E-state index contributed by atoms with van der Waals surface area (Å²) in [5.41, 5.74) is 2.56. The van der Waals surface area contributed by atoms with Gasteiger partial charge in [0.25, 0.3) is 0 Å². The van der Waals surface area contributed by atoms with E-state index in [2.05, 4.69) is 32.9 Å². The van der Waals surface area contributed by atoms with Crippen LogP contribution in [0.2, 0.25) is 0 Å². The largest absolute Gasteiger partial charge is 0.198 e. The van der Waals surface area contributed by atoms with E-state index in [0.29, 0.717) is 6.42 Å². The number of hydrogen-bond donors (Lipinski definition) is 0.